The van der Waals surface area contributed by atoms with Crippen LogP contribution in [0, 0.1) is 0 Å². The molecule has 0 aliphatic rings. The lowest BCUT2D eigenvalue weighted by Gasteiger charge is -2.21. The third-order valence-electron chi connectivity index (χ3n) is 1.10. The van der Waals surface area contributed by atoms with Gasteiger partial charge in [0.15, 0.2) is 0 Å². The van der Waals surface area contributed by atoms with Crippen LogP contribution in [0.1, 0.15) is 27.7 Å². The molecule has 0 aliphatic carbocycles. The van der Waals surface area contributed by atoms with E-state index in [1.165, 1.54) is 6.92 Å². The van der Waals surface area contributed by atoms with Gasteiger partial charge in [0.05, 0.1) is 0 Å². The highest BCUT2D eigenvalue weighted by molar-refractivity contribution is 5.80. The number of esters is 1. The lowest BCUT2D eigenvalue weighted by molar-refractivity contribution is -0.156. The van der Waals surface area contributed by atoms with Gasteiger partial charge < -0.3 is 15.2 Å². The third-order valence-corrected chi connectivity index (χ3v) is 1.10. The number of carbonyl (C=O) groups excluding carboxylic acids is 1. The summed E-state index contributed by atoms with van der Waals surface area (Å²) in [6.07, 6.45) is -1.24. The summed E-state index contributed by atoms with van der Waals surface area (Å²) in [7, 11) is 0. The zero-order valence-corrected chi connectivity index (χ0v) is 8.25. The predicted molar refractivity (Wildman–Crippen MR) is 46.5 cm³/mol. The molecule has 0 unspecified atom stereocenters. The maximum absolute atomic E-state index is 11.1. The summed E-state index contributed by atoms with van der Waals surface area (Å²) in [6.45, 7) is 6.59. The highest BCUT2D eigenvalue weighted by atomic mass is 16.6. The number of carbonyl (C=O) groups is 2. The van der Waals surface area contributed by atoms with Gasteiger partial charge in [-0.05, 0) is 27.7 Å². The summed E-state index contributed by atoms with van der Waals surface area (Å²) in [4.78, 5) is 21.3. The summed E-state index contributed by atoms with van der Waals surface area (Å²) in [5.41, 5.74) is -0.592. The minimum Gasteiger partial charge on any atom is -0.465 e. The molecule has 1 atom stereocenters. The minimum atomic E-state index is -1.24. The summed E-state index contributed by atoms with van der Waals surface area (Å²) in [5.74, 6) is -0.574. The second-order valence-electron chi connectivity index (χ2n) is 3.70. The van der Waals surface area contributed by atoms with Crippen LogP contribution in [0.25, 0.3) is 0 Å². The van der Waals surface area contributed by atoms with Crippen LogP contribution in [0.2, 0.25) is 0 Å². The Kier molecular flexibility index (Phi) is 3.71. The van der Waals surface area contributed by atoms with Gasteiger partial charge >= 0.3 is 12.1 Å². The summed E-state index contributed by atoms with van der Waals surface area (Å²) < 4.78 is 4.94. The van der Waals surface area contributed by atoms with Gasteiger partial charge in [0.2, 0.25) is 0 Å². The summed E-state index contributed by atoms with van der Waals surface area (Å²) >= 11 is 0. The molecule has 0 radical (unpaired) electrons. The van der Waals surface area contributed by atoms with Crippen molar-refractivity contribution >= 4 is 12.1 Å². The summed E-state index contributed by atoms with van der Waals surface area (Å²) in [6, 6.07) is -0.836. The molecule has 0 aromatic heterocycles. The first-order chi connectivity index (χ1) is 5.72. The van der Waals surface area contributed by atoms with Crippen LogP contribution in [0.15, 0.2) is 0 Å². The van der Waals surface area contributed by atoms with Crippen molar-refractivity contribution < 1.29 is 19.4 Å². The van der Waals surface area contributed by atoms with Crippen LogP contribution < -0.4 is 5.32 Å². The number of rotatable bonds is 2. The van der Waals surface area contributed by atoms with E-state index in [2.05, 4.69) is 0 Å². The zero-order chi connectivity index (χ0) is 10.6. The standard InChI is InChI=1S/C8H15NO4/c1-5(9-7(11)12)6(10)13-8(2,3)4/h5,9H,1-4H3,(H,11,12)/t5-/m0/s1. The van der Waals surface area contributed by atoms with Gasteiger partial charge in [-0.15, -0.1) is 0 Å². The SMILES string of the molecule is C[C@H](NC(=O)O)C(=O)OC(C)(C)C. The smallest absolute Gasteiger partial charge is 0.405 e. The molecule has 0 spiro atoms. The molecule has 0 saturated carbocycles. The highest BCUT2D eigenvalue weighted by Gasteiger charge is 2.22. The maximum Gasteiger partial charge on any atom is 0.405 e. The Morgan fingerprint density at radius 1 is 1.38 bits per heavy atom. The van der Waals surface area contributed by atoms with Crippen LogP contribution >= 0.6 is 0 Å². The molecule has 0 rings (SSSR count). The van der Waals surface area contributed by atoms with Crippen LogP contribution in [-0.2, 0) is 9.53 Å². The van der Waals surface area contributed by atoms with Crippen molar-refractivity contribution in [2.75, 3.05) is 0 Å². The van der Waals surface area contributed by atoms with E-state index in [9.17, 15) is 9.59 Å². The molecule has 0 aromatic carbocycles. The van der Waals surface area contributed by atoms with Gasteiger partial charge in [0.25, 0.3) is 0 Å². The van der Waals surface area contributed by atoms with Crippen LogP contribution in [0.4, 0.5) is 4.79 Å². The Balaban J connectivity index is 4.05. The normalized spacial score (nSPS) is 13.2. The van der Waals surface area contributed by atoms with E-state index < -0.39 is 23.7 Å². The van der Waals surface area contributed by atoms with E-state index in [4.69, 9.17) is 9.84 Å². The molecule has 0 fully saturated rings. The van der Waals surface area contributed by atoms with Gasteiger partial charge in [-0.1, -0.05) is 0 Å². The number of hydrogen-bond donors (Lipinski definition) is 2. The zero-order valence-electron chi connectivity index (χ0n) is 8.25. The molecule has 5 nitrogen and oxygen atoms in total. The molecule has 1 amide bonds. The van der Waals surface area contributed by atoms with Crippen LogP contribution in [0.3, 0.4) is 0 Å². The Labute approximate surface area is 77.1 Å². The fraction of sp³-hybridized carbons (Fsp3) is 0.750. The Morgan fingerprint density at radius 2 is 1.85 bits per heavy atom. The second kappa shape index (κ2) is 4.11. The third kappa shape index (κ3) is 5.95. The van der Waals surface area contributed by atoms with Gasteiger partial charge in [0.1, 0.15) is 11.6 Å². The first-order valence-corrected chi connectivity index (χ1v) is 3.94. The van der Waals surface area contributed by atoms with E-state index >= 15 is 0 Å². The monoisotopic (exact) mass is 189 g/mol. The van der Waals surface area contributed by atoms with Gasteiger partial charge in [0, 0.05) is 0 Å². The lowest BCUT2D eigenvalue weighted by Crippen LogP contribution is -2.41. The van der Waals surface area contributed by atoms with Crippen molar-refractivity contribution in [1.29, 1.82) is 0 Å². The molecule has 13 heavy (non-hydrogen) atoms. The predicted octanol–water partition coefficient (Wildman–Crippen LogP) is 0.984. The van der Waals surface area contributed by atoms with Gasteiger partial charge in [-0.3, -0.25) is 0 Å². The molecular formula is C8H15NO4. The Hall–Kier alpha value is -1.26. The quantitative estimate of drug-likeness (QED) is 0.635. The van der Waals surface area contributed by atoms with Crippen molar-refractivity contribution in [2.45, 2.75) is 39.3 Å². The van der Waals surface area contributed by atoms with Crippen LogP contribution in [-0.4, -0.2) is 28.8 Å². The lowest BCUT2D eigenvalue weighted by atomic mass is 10.2. The number of amides is 1. The number of nitrogens with one attached hydrogen (secondary N) is 1. The fourth-order valence-corrected chi connectivity index (χ4v) is 0.634. The average Bonchev–Trinajstić information content (AvgIpc) is 1.81. The van der Waals surface area contributed by atoms with Crippen molar-refractivity contribution in [3.63, 3.8) is 0 Å². The molecular weight excluding hydrogens is 174 g/mol. The molecule has 0 heterocycles. The molecule has 76 valence electrons. The minimum absolute atomic E-state index is 0.574. The Morgan fingerprint density at radius 3 is 2.15 bits per heavy atom. The van der Waals surface area contributed by atoms with E-state index in [1.807, 2.05) is 5.32 Å². The maximum atomic E-state index is 11.1. The molecule has 0 aliphatic heterocycles. The van der Waals surface area contributed by atoms with Gasteiger partial charge in [-0.2, -0.15) is 0 Å². The first-order valence-electron chi connectivity index (χ1n) is 3.94. The highest BCUT2D eigenvalue weighted by Crippen LogP contribution is 2.07. The van der Waals surface area contributed by atoms with E-state index in [0.717, 1.165) is 0 Å². The molecule has 0 saturated heterocycles. The van der Waals surface area contributed by atoms with E-state index in [-0.39, 0.29) is 0 Å². The van der Waals surface area contributed by atoms with Gasteiger partial charge in [-0.25, -0.2) is 9.59 Å². The second-order valence-corrected chi connectivity index (χ2v) is 3.70. The molecule has 5 heteroatoms. The van der Waals surface area contributed by atoms with E-state index in [1.54, 1.807) is 20.8 Å². The van der Waals surface area contributed by atoms with Crippen molar-refractivity contribution in [3.05, 3.63) is 0 Å². The average molecular weight is 189 g/mol. The molecule has 0 aromatic rings. The summed E-state index contributed by atoms with van der Waals surface area (Å²) in [5, 5.41) is 10.3. The topological polar surface area (TPSA) is 75.6 Å². The van der Waals surface area contributed by atoms with E-state index in [0.29, 0.717) is 0 Å². The number of carboxylic acid groups (broad SMARTS) is 1. The first kappa shape index (κ1) is 11.7. The Bertz CT molecular complexity index is 207. The number of hydrogen-bond acceptors (Lipinski definition) is 3. The van der Waals surface area contributed by atoms with Crippen molar-refractivity contribution in [2.24, 2.45) is 0 Å². The van der Waals surface area contributed by atoms with Crippen molar-refractivity contribution in [1.82, 2.24) is 5.32 Å². The largest absolute Gasteiger partial charge is 0.465 e. The molecule has 2 N–H and O–H groups in total. The fourth-order valence-electron chi connectivity index (χ4n) is 0.634. The molecule has 0 bridgehead atoms. The number of ether oxygens (including phenoxy) is 1. The van der Waals surface area contributed by atoms with Crippen LogP contribution in [0.5, 0.6) is 0 Å². The van der Waals surface area contributed by atoms with Crippen molar-refractivity contribution in [3.8, 4) is 0 Å².